The summed E-state index contributed by atoms with van der Waals surface area (Å²) in [6, 6.07) is 9.79. The molecule has 160 valence electrons. The number of ether oxygens (including phenoxy) is 1. The minimum Gasteiger partial charge on any atom is -0.496 e. The fourth-order valence-corrected chi connectivity index (χ4v) is 5.32. The van der Waals surface area contributed by atoms with E-state index in [1.165, 1.54) is 5.56 Å². The number of aryl methyl sites for hydroxylation is 1. The van der Waals surface area contributed by atoms with Gasteiger partial charge in [-0.25, -0.2) is 0 Å². The highest BCUT2D eigenvalue weighted by Gasteiger charge is 2.36. The molecule has 2 heterocycles. The van der Waals surface area contributed by atoms with Crippen LogP contribution in [-0.2, 0) is 24.3 Å². The molecule has 0 N–H and O–H groups in total. The van der Waals surface area contributed by atoms with E-state index >= 15 is 0 Å². The van der Waals surface area contributed by atoms with Gasteiger partial charge in [-0.1, -0.05) is 23.7 Å². The van der Waals surface area contributed by atoms with Crippen molar-refractivity contribution in [1.82, 2.24) is 9.47 Å². The molecular weight excluding hydrogens is 412 g/mol. The number of methoxy groups -OCH3 is 1. The Hall–Kier alpha value is -2.79. The first kappa shape index (κ1) is 20.1. The molecule has 5 rings (SSSR count). The van der Waals surface area contributed by atoms with Crippen LogP contribution in [0.3, 0.4) is 0 Å². The first-order valence-electron chi connectivity index (χ1n) is 10.7. The highest BCUT2D eigenvalue weighted by molar-refractivity contribution is 6.31. The fraction of sp³-hybridized carbons (Fsp3) is 0.360. The Labute approximate surface area is 186 Å². The number of carbonyl (C=O) groups is 2. The lowest BCUT2D eigenvalue weighted by Gasteiger charge is -2.30. The van der Waals surface area contributed by atoms with Crippen LogP contribution in [0.5, 0.6) is 5.75 Å². The van der Waals surface area contributed by atoms with Crippen LogP contribution < -0.4 is 4.74 Å². The monoisotopic (exact) mass is 436 g/mol. The molecule has 1 amide bonds. The highest BCUT2D eigenvalue weighted by atomic mass is 35.5. The molecule has 0 unspecified atom stereocenters. The van der Waals surface area contributed by atoms with E-state index in [4.69, 9.17) is 16.3 Å². The van der Waals surface area contributed by atoms with E-state index in [-0.39, 0.29) is 12.5 Å². The van der Waals surface area contributed by atoms with E-state index in [9.17, 15) is 9.59 Å². The number of nitrogens with zero attached hydrogens (tertiary/aromatic N) is 2. The summed E-state index contributed by atoms with van der Waals surface area (Å²) in [5.74, 6) is 1.22. The van der Waals surface area contributed by atoms with Crippen molar-refractivity contribution in [2.24, 2.45) is 0 Å². The topological polar surface area (TPSA) is 51.5 Å². The van der Waals surface area contributed by atoms with E-state index in [0.29, 0.717) is 24.0 Å². The van der Waals surface area contributed by atoms with E-state index in [0.717, 1.165) is 64.6 Å². The summed E-state index contributed by atoms with van der Waals surface area (Å²) in [5, 5.41) is 1.47. The summed E-state index contributed by atoms with van der Waals surface area (Å²) >= 11 is 6.40. The minimum atomic E-state index is 0.0201. The molecule has 5 nitrogen and oxygen atoms in total. The second-order valence-electron chi connectivity index (χ2n) is 8.51. The normalized spacial score (nSPS) is 15.8. The minimum absolute atomic E-state index is 0.0201. The van der Waals surface area contributed by atoms with Crippen LogP contribution in [0, 0.1) is 6.92 Å². The van der Waals surface area contributed by atoms with Gasteiger partial charge in [0.05, 0.1) is 24.7 Å². The zero-order valence-corrected chi connectivity index (χ0v) is 18.5. The maximum atomic E-state index is 13.9. The molecule has 3 aromatic rings. The molecule has 0 bridgehead atoms. The molecule has 0 spiro atoms. The van der Waals surface area contributed by atoms with Gasteiger partial charge in [-0.05, 0) is 55.5 Å². The van der Waals surface area contributed by atoms with Gasteiger partial charge in [-0.15, -0.1) is 0 Å². The van der Waals surface area contributed by atoms with Gasteiger partial charge in [0.2, 0.25) is 0 Å². The molecule has 0 atom stereocenters. The second kappa shape index (κ2) is 7.72. The summed E-state index contributed by atoms with van der Waals surface area (Å²) in [4.78, 5) is 27.4. The number of benzene rings is 2. The fourth-order valence-electron chi connectivity index (χ4n) is 5.05. The van der Waals surface area contributed by atoms with Crippen molar-refractivity contribution in [3.8, 4) is 5.75 Å². The number of halogens is 1. The SMILES string of the molecule is COc1cccc2c1CCN(C(=O)c1c(C3CC3)n(CC=O)c3c(C)cc(Cl)cc13)C2. The first-order valence-corrected chi connectivity index (χ1v) is 11.1. The number of hydrogen-bond acceptors (Lipinski definition) is 3. The maximum absolute atomic E-state index is 13.9. The Bertz CT molecular complexity index is 1210. The molecule has 6 heteroatoms. The number of aromatic nitrogens is 1. The van der Waals surface area contributed by atoms with E-state index in [1.54, 1.807) is 7.11 Å². The molecule has 2 aromatic carbocycles. The van der Waals surface area contributed by atoms with E-state index < -0.39 is 0 Å². The van der Waals surface area contributed by atoms with Crippen molar-refractivity contribution in [1.29, 1.82) is 0 Å². The van der Waals surface area contributed by atoms with Gasteiger partial charge in [-0.2, -0.15) is 0 Å². The quantitative estimate of drug-likeness (QED) is 0.535. The van der Waals surface area contributed by atoms with Gasteiger partial charge in [-0.3, -0.25) is 4.79 Å². The third-order valence-electron chi connectivity index (χ3n) is 6.52. The van der Waals surface area contributed by atoms with Gasteiger partial charge in [0.15, 0.2) is 0 Å². The van der Waals surface area contributed by atoms with Gasteiger partial charge < -0.3 is 19.0 Å². The van der Waals surface area contributed by atoms with Crippen molar-refractivity contribution in [2.45, 2.75) is 45.2 Å². The Morgan fingerprint density at radius 2 is 2.10 bits per heavy atom. The molecule has 1 saturated carbocycles. The van der Waals surface area contributed by atoms with Crippen LogP contribution >= 0.6 is 11.6 Å². The molecule has 0 radical (unpaired) electrons. The number of amides is 1. The molecule has 1 fully saturated rings. The van der Waals surface area contributed by atoms with Gasteiger partial charge in [0.25, 0.3) is 5.91 Å². The average Bonchev–Trinajstić information content (AvgIpc) is 3.55. The second-order valence-corrected chi connectivity index (χ2v) is 8.94. The number of aldehydes is 1. The largest absolute Gasteiger partial charge is 0.496 e. The lowest BCUT2D eigenvalue weighted by Crippen LogP contribution is -2.36. The molecular formula is C25H25ClN2O3. The third kappa shape index (κ3) is 3.32. The van der Waals surface area contributed by atoms with Crippen molar-refractivity contribution >= 4 is 34.7 Å². The van der Waals surface area contributed by atoms with Gasteiger partial charge in [0, 0.05) is 40.7 Å². The van der Waals surface area contributed by atoms with Crippen LogP contribution in [0.25, 0.3) is 10.9 Å². The summed E-state index contributed by atoms with van der Waals surface area (Å²) in [7, 11) is 1.68. The summed E-state index contributed by atoms with van der Waals surface area (Å²) < 4.78 is 7.55. The predicted octanol–water partition coefficient (Wildman–Crippen LogP) is 4.89. The first-order chi connectivity index (χ1) is 15.0. The summed E-state index contributed by atoms with van der Waals surface area (Å²) in [6.07, 6.45) is 3.76. The molecule has 31 heavy (non-hydrogen) atoms. The van der Waals surface area contributed by atoms with Gasteiger partial charge >= 0.3 is 0 Å². The van der Waals surface area contributed by atoms with E-state index in [1.807, 2.05) is 40.7 Å². The Morgan fingerprint density at radius 1 is 1.29 bits per heavy atom. The van der Waals surface area contributed by atoms with E-state index in [2.05, 4.69) is 6.07 Å². The number of fused-ring (bicyclic) bond motifs is 2. The highest BCUT2D eigenvalue weighted by Crippen LogP contribution is 2.46. The van der Waals surface area contributed by atoms with Crippen molar-refractivity contribution < 1.29 is 14.3 Å². The zero-order chi connectivity index (χ0) is 21.7. The predicted molar refractivity (Wildman–Crippen MR) is 121 cm³/mol. The number of rotatable bonds is 5. The van der Waals surface area contributed by atoms with Crippen LogP contribution in [0.15, 0.2) is 30.3 Å². The number of hydrogen-bond donors (Lipinski definition) is 0. The average molecular weight is 437 g/mol. The van der Waals surface area contributed by atoms with Crippen LogP contribution in [0.2, 0.25) is 5.02 Å². The molecule has 2 aliphatic rings. The summed E-state index contributed by atoms with van der Waals surface area (Å²) in [5.41, 5.74) is 5.95. The van der Waals surface area contributed by atoms with Gasteiger partial charge in [0.1, 0.15) is 12.0 Å². The van der Waals surface area contributed by atoms with Crippen LogP contribution in [0.1, 0.15) is 51.5 Å². The molecule has 1 aliphatic heterocycles. The zero-order valence-electron chi connectivity index (χ0n) is 17.8. The standard InChI is InChI=1S/C25H25ClN2O3/c1-15-12-18(26)13-20-22(24(16-6-7-16)28(10-11-29)23(15)20)25(30)27-9-8-19-17(14-27)4-3-5-21(19)31-2/h3-5,11-13,16H,6-10,14H2,1-2H3. The molecule has 1 aromatic heterocycles. The summed E-state index contributed by atoms with van der Waals surface area (Å²) in [6.45, 7) is 3.42. The Balaban J connectivity index is 1.64. The lowest BCUT2D eigenvalue weighted by atomic mass is 9.97. The van der Waals surface area contributed by atoms with Crippen LogP contribution in [0.4, 0.5) is 0 Å². The van der Waals surface area contributed by atoms with Crippen molar-refractivity contribution in [3.63, 3.8) is 0 Å². The van der Waals surface area contributed by atoms with Crippen LogP contribution in [-0.4, -0.2) is 35.3 Å². The smallest absolute Gasteiger partial charge is 0.256 e. The van der Waals surface area contributed by atoms with Crippen molar-refractivity contribution in [2.75, 3.05) is 13.7 Å². The maximum Gasteiger partial charge on any atom is 0.256 e. The molecule has 1 aliphatic carbocycles. The Kier molecular flexibility index (Phi) is 5.01. The van der Waals surface area contributed by atoms with Crippen molar-refractivity contribution in [3.05, 3.63) is 63.3 Å². The third-order valence-corrected chi connectivity index (χ3v) is 6.73. The molecule has 0 saturated heterocycles. The lowest BCUT2D eigenvalue weighted by molar-refractivity contribution is -0.108. The number of carbonyl (C=O) groups excluding carboxylic acids is 2. The Morgan fingerprint density at radius 3 is 2.81 bits per heavy atom.